The van der Waals surface area contributed by atoms with E-state index in [2.05, 4.69) is 25.2 Å². The first kappa shape index (κ1) is 16.8. The molecule has 0 spiro atoms. The second-order valence-corrected chi connectivity index (χ2v) is 6.87. The molecular formula is C16H21N5O2S. The average Bonchev–Trinajstić information content (AvgIpc) is 3.05. The van der Waals surface area contributed by atoms with Gasteiger partial charge in [0.05, 0.1) is 12.1 Å². The number of piperidine rings is 1. The lowest BCUT2D eigenvalue weighted by Gasteiger charge is -2.32. The van der Waals surface area contributed by atoms with Crippen LogP contribution in [0, 0.1) is 6.92 Å². The molecule has 2 aromatic rings. The minimum Gasteiger partial charge on any atom is -0.481 e. The van der Waals surface area contributed by atoms with Gasteiger partial charge in [-0.05, 0) is 26.3 Å². The van der Waals surface area contributed by atoms with Crippen LogP contribution in [0.3, 0.4) is 0 Å². The van der Waals surface area contributed by atoms with Gasteiger partial charge in [0, 0.05) is 36.7 Å². The van der Waals surface area contributed by atoms with Crippen molar-refractivity contribution < 1.29 is 9.90 Å². The topological polar surface area (TPSA) is 91.2 Å². The Bertz CT molecular complexity index is 692. The molecule has 0 radical (unpaired) electrons. The molecule has 128 valence electrons. The molecule has 0 saturated carbocycles. The van der Waals surface area contributed by atoms with Crippen LogP contribution in [0.15, 0.2) is 17.6 Å². The quantitative estimate of drug-likeness (QED) is 0.830. The van der Waals surface area contributed by atoms with Crippen LogP contribution in [0.4, 0.5) is 10.9 Å². The standard InChI is InChI=1S/C16H21N5O2S/c1-11-18-13(9-14(19-11)20-16-17-5-8-24-16)12-3-2-6-21(10-12)7-4-15(22)23/h5,8-9,12H,2-4,6-7,10H2,1H3,(H,22,23)(H,17,18,19,20). The van der Waals surface area contributed by atoms with Crippen molar-refractivity contribution >= 4 is 28.3 Å². The van der Waals surface area contributed by atoms with E-state index in [0.29, 0.717) is 12.5 Å². The Labute approximate surface area is 144 Å². The van der Waals surface area contributed by atoms with Crippen molar-refractivity contribution in [3.63, 3.8) is 0 Å². The maximum absolute atomic E-state index is 10.8. The lowest BCUT2D eigenvalue weighted by atomic mass is 9.94. The third-order valence-electron chi connectivity index (χ3n) is 4.09. The van der Waals surface area contributed by atoms with Crippen LogP contribution in [0.2, 0.25) is 0 Å². The highest BCUT2D eigenvalue weighted by atomic mass is 32.1. The van der Waals surface area contributed by atoms with Crippen LogP contribution in [0.5, 0.6) is 0 Å². The van der Waals surface area contributed by atoms with E-state index in [1.54, 1.807) is 6.20 Å². The summed E-state index contributed by atoms with van der Waals surface area (Å²) in [4.78, 5) is 26.2. The van der Waals surface area contributed by atoms with E-state index in [1.807, 2.05) is 18.4 Å². The van der Waals surface area contributed by atoms with E-state index in [4.69, 9.17) is 5.11 Å². The first-order valence-electron chi connectivity index (χ1n) is 8.06. The summed E-state index contributed by atoms with van der Waals surface area (Å²) in [5, 5.41) is 14.8. The largest absolute Gasteiger partial charge is 0.481 e. The molecule has 3 heterocycles. The lowest BCUT2D eigenvalue weighted by molar-refractivity contribution is -0.137. The number of likely N-dealkylation sites (tertiary alicyclic amines) is 1. The number of aromatic nitrogens is 3. The number of aliphatic carboxylic acids is 1. The lowest BCUT2D eigenvalue weighted by Crippen LogP contribution is -2.36. The summed E-state index contributed by atoms with van der Waals surface area (Å²) >= 11 is 1.53. The summed E-state index contributed by atoms with van der Waals surface area (Å²) in [6, 6.07) is 1.99. The van der Waals surface area contributed by atoms with Gasteiger partial charge >= 0.3 is 5.97 Å². The highest BCUT2D eigenvalue weighted by Crippen LogP contribution is 2.28. The summed E-state index contributed by atoms with van der Waals surface area (Å²) < 4.78 is 0. The molecule has 1 unspecified atom stereocenters. The van der Waals surface area contributed by atoms with E-state index in [-0.39, 0.29) is 6.42 Å². The van der Waals surface area contributed by atoms with Crippen molar-refractivity contribution in [2.24, 2.45) is 0 Å². The first-order valence-corrected chi connectivity index (χ1v) is 8.94. The van der Waals surface area contributed by atoms with Crippen molar-refractivity contribution in [1.82, 2.24) is 19.9 Å². The SMILES string of the molecule is Cc1nc(Nc2nccs2)cc(C2CCCN(CCC(=O)O)C2)n1. The van der Waals surface area contributed by atoms with Gasteiger partial charge in [0.1, 0.15) is 11.6 Å². The van der Waals surface area contributed by atoms with E-state index >= 15 is 0 Å². The molecule has 0 aromatic carbocycles. The molecule has 3 rings (SSSR count). The fourth-order valence-corrected chi connectivity index (χ4v) is 3.55. The Morgan fingerprint density at radius 1 is 1.50 bits per heavy atom. The van der Waals surface area contributed by atoms with Crippen LogP contribution >= 0.6 is 11.3 Å². The molecule has 1 atom stereocenters. The molecule has 8 heteroatoms. The van der Waals surface area contributed by atoms with E-state index in [0.717, 1.165) is 48.4 Å². The molecule has 24 heavy (non-hydrogen) atoms. The number of carboxylic acid groups (broad SMARTS) is 1. The molecule has 0 amide bonds. The van der Waals surface area contributed by atoms with Gasteiger partial charge in [-0.15, -0.1) is 11.3 Å². The molecule has 2 N–H and O–H groups in total. The Kier molecular flexibility index (Phi) is 5.37. The van der Waals surface area contributed by atoms with E-state index < -0.39 is 5.97 Å². The van der Waals surface area contributed by atoms with Crippen LogP contribution in [0.1, 0.15) is 36.7 Å². The Morgan fingerprint density at radius 2 is 2.38 bits per heavy atom. The van der Waals surface area contributed by atoms with Crippen molar-refractivity contribution in [3.8, 4) is 0 Å². The van der Waals surface area contributed by atoms with Crippen LogP contribution < -0.4 is 5.32 Å². The number of nitrogens with one attached hydrogen (secondary N) is 1. The van der Waals surface area contributed by atoms with E-state index in [1.165, 1.54) is 11.3 Å². The normalized spacial score (nSPS) is 18.5. The van der Waals surface area contributed by atoms with Crippen molar-refractivity contribution in [2.75, 3.05) is 25.0 Å². The summed E-state index contributed by atoms with van der Waals surface area (Å²) in [5.41, 5.74) is 1.02. The number of anilines is 2. The number of carboxylic acids is 1. The molecule has 1 aliphatic rings. The average molecular weight is 347 g/mol. The van der Waals surface area contributed by atoms with Gasteiger partial charge in [-0.25, -0.2) is 15.0 Å². The number of nitrogens with zero attached hydrogens (tertiary/aromatic N) is 4. The second-order valence-electron chi connectivity index (χ2n) is 5.97. The third kappa shape index (κ3) is 4.48. The summed E-state index contributed by atoms with van der Waals surface area (Å²) in [6.07, 6.45) is 4.06. The number of hydrogen-bond donors (Lipinski definition) is 2. The molecule has 1 saturated heterocycles. The van der Waals surface area contributed by atoms with Gasteiger partial charge in [0.15, 0.2) is 5.13 Å². The predicted molar refractivity (Wildman–Crippen MR) is 92.8 cm³/mol. The third-order valence-corrected chi connectivity index (χ3v) is 4.78. The van der Waals surface area contributed by atoms with Crippen LogP contribution in [-0.4, -0.2) is 50.6 Å². The van der Waals surface area contributed by atoms with Crippen LogP contribution in [0.25, 0.3) is 0 Å². The number of thiazole rings is 1. The Balaban J connectivity index is 1.71. The van der Waals surface area contributed by atoms with Crippen molar-refractivity contribution in [1.29, 1.82) is 0 Å². The molecular weight excluding hydrogens is 326 g/mol. The highest BCUT2D eigenvalue weighted by molar-refractivity contribution is 7.13. The predicted octanol–water partition coefficient (Wildman–Crippen LogP) is 2.64. The molecule has 1 fully saturated rings. The van der Waals surface area contributed by atoms with Crippen LogP contribution in [-0.2, 0) is 4.79 Å². The minimum atomic E-state index is -0.745. The van der Waals surface area contributed by atoms with Gasteiger partial charge in [-0.2, -0.15) is 0 Å². The maximum Gasteiger partial charge on any atom is 0.304 e. The summed E-state index contributed by atoms with van der Waals surface area (Å²) in [5.74, 6) is 1.06. The van der Waals surface area contributed by atoms with Gasteiger partial charge < -0.3 is 15.3 Å². The molecule has 1 aliphatic heterocycles. The number of rotatable bonds is 6. The second kappa shape index (κ2) is 7.67. The Morgan fingerprint density at radius 3 is 3.12 bits per heavy atom. The molecule has 7 nitrogen and oxygen atoms in total. The highest BCUT2D eigenvalue weighted by Gasteiger charge is 2.23. The smallest absolute Gasteiger partial charge is 0.304 e. The van der Waals surface area contributed by atoms with Crippen molar-refractivity contribution in [2.45, 2.75) is 32.1 Å². The maximum atomic E-state index is 10.8. The molecule has 0 bridgehead atoms. The number of hydrogen-bond acceptors (Lipinski definition) is 7. The fourth-order valence-electron chi connectivity index (χ4n) is 3.01. The summed E-state index contributed by atoms with van der Waals surface area (Å²) in [6.45, 7) is 4.29. The number of carbonyl (C=O) groups is 1. The zero-order chi connectivity index (χ0) is 16.9. The number of aryl methyl sites for hydroxylation is 1. The van der Waals surface area contributed by atoms with Gasteiger partial charge in [-0.1, -0.05) is 0 Å². The molecule has 0 aliphatic carbocycles. The minimum absolute atomic E-state index is 0.187. The fraction of sp³-hybridized carbons (Fsp3) is 0.500. The monoisotopic (exact) mass is 347 g/mol. The zero-order valence-corrected chi connectivity index (χ0v) is 14.4. The Hall–Kier alpha value is -2.06. The zero-order valence-electron chi connectivity index (χ0n) is 13.6. The van der Waals surface area contributed by atoms with Gasteiger partial charge in [0.25, 0.3) is 0 Å². The van der Waals surface area contributed by atoms with Gasteiger partial charge in [-0.3, -0.25) is 4.79 Å². The van der Waals surface area contributed by atoms with E-state index in [9.17, 15) is 4.79 Å². The van der Waals surface area contributed by atoms with Gasteiger partial charge in [0.2, 0.25) is 0 Å². The first-order chi connectivity index (χ1) is 11.6. The molecule has 2 aromatic heterocycles. The summed E-state index contributed by atoms with van der Waals surface area (Å²) in [7, 11) is 0. The van der Waals surface area contributed by atoms with Crippen molar-refractivity contribution in [3.05, 3.63) is 29.2 Å².